The Labute approximate surface area is 145 Å². The molecule has 0 aliphatic rings. The van der Waals surface area contributed by atoms with Gasteiger partial charge >= 0.3 is 0 Å². The number of carbonyl (C=O) groups excluding carboxylic acids is 1. The number of amides is 1. The van der Waals surface area contributed by atoms with E-state index in [4.69, 9.17) is 26.8 Å². The van der Waals surface area contributed by atoms with Gasteiger partial charge in [-0.3, -0.25) is 4.79 Å². The number of nitrogens with zero attached hydrogens (tertiary/aromatic N) is 1. The Morgan fingerprint density at radius 1 is 1.29 bits per heavy atom. The van der Waals surface area contributed by atoms with Gasteiger partial charge in [-0.15, -0.1) is 0 Å². The number of ether oxygens (including phenoxy) is 2. The van der Waals surface area contributed by atoms with Gasteiger partial charge in [-0.25, -0.2) is 4.98 Å². The van der Waals surface area contributed by atoms with Crippen molar-refractivity contribution in [3.8, 4) is 5.75 Å². The second-order valence-electron chi connectivity index (χ2n) is 4.92. The summed E-state index contributed by atoms with van der Waals surface area (Å²) in [5.41, 5.74) is 8.10. The zero-order valence-electron chi connectivity index (χ0n) is 13.6. The maximum atomic E-state index is 12.1. The average molecular weight is 351 g/mol. The van der Waals surface area contributed by atoms with Gasteiger partial charge in [0.05, 0.1) is 25.1 Å². The van der Waals surface area contributed by atoms with Gasteiger partial charge in [0.1, 0.15) is 22.3 Å². The summed E-state index contributed by atoms with van der Waals surface area (Å²) in [4.78, 5) is 16.0. The number of nitrogens with two attached hydrogens (primary N) is 1. The first-order chi connectivity index (χ1) is 11.5. The van der Waals surface area contributed by atoms with E-state index in [0.717, 1.165) is 5.56 Å². The molecule has 8 heteroatoms. The van der Waals surface area contributed by atoms with E-state index in [1.807, 2.05) is 18.2 Å². The molecule has 1 aromatic heterocycles. The largest absolute Gasteiger partial charge is 0.495 e. The highest BCUT2D eigenvalue weighted by Gasteiger charge is 2.18. The van der Waals surface area contributed by atoms with Crippen molar-refractivity contribution >= 4 is 34.7 Å². The lowest BCUT2D eigenvalue weighted by molar-refractivity contribution is 0.0964. The number of pyridine rings is 1. The van der Waals surface area contributed by atoms with Crippen LogP contribution in [0.3, 0.4) is 0 Å². The molecule has 2 rings (SSSR count). The molecule has 2 aromatic rings. The van der Waals surface area contributed by atoms with E-state index < -0.39 is 0 Å². The third-order valence-electron chi connectivity index (χ3n) is 3.32. The maximum Gasteiger partial charge on any atom is 0.256 e. The highest BCUT2D eigenvalue weighted by atomic mass is 35.5. The van der Waals surface area contributed by atoms with Crippen molar-refractivity contribution in [2.75, 3.05) is 32.3 Å². The molecule has 4 N–H and O–H groups in total. The molecular formula is C16H19ClN4O3. The number of nitrogen functional groups attached to an aromatic ring is 1. The van der Waals surface area contributed by atoms with Crippen LogP contribution in [0.15, 0.2) is 24.3 Å². The Kier molecular flexibility index (Phi) is 5.83. The van der Waals surface area contributed by atoms with Gasteiger partial charge in [0.2, 0.25) is 0 Å². The molecule has 1 aromatic carbocycles. The highest BCUT2D eigenvalue weighted by molar-refractivity contribution is 6.30. The predicted molar refractivity (Wildman–Crippen MR) is 94.0 cm³/mol. The van der Waals surface area contributed by atoms with E-state index in [9.17, 15) is 4.79 Å². The third-order valence-corrected chi connectivity index (χ3v) is 3.51. The van der Waals surface area contributed by atoms with Crippen LogP contribution in [0.5, 0.6) is 5.75 Å². The molecule has 0 bridgehead atoms. The number of carbonyl (C=O) groups is 1. The average Bonchev–Trinajstić information content (AvgIpc) is 2.55. The number of methoxy groups -OCH3 is 2. The lowest BCUT2D eigenvalue weighted by Gasteiger charge is -2.16. The summed E-state index contributed by atoms with van der Waals surface area (Å²) < 4.78 is 10.5. The van der Waals surface area contributed by atoms with Gasteiger partial charge < -0.3 is 25.8 Å². The monoisotopic (exact) mass is 350 g/mol. The van der Waals surface area contributed by atoms with Gasteiger partial charge in [0, 0.05) is 14.2 Å². The first kappa shape index (κ1) is 17.8. The first-order valence-electron chi connectivity index (χ1n) is 7.11. The van der Waals surface area contributed by atoms with Crippen molar-refractivity contribution < 1.29 is 14.3 Å². The Morgan fingerprint density at radius 2 is 2.04 bits per heavy atom. The van der Waals surface area contributed by atoms with E-state index in [0.29, 0.717) is 23.7 Å². The zero-order chi connectivity index (χ0) is 17.7. The standard InChI is InChI=1S/C16H19ClN4O3/c1-19-16(22)14-11(7-13(17)21-15(14)18)20-10-5-4-9(8-23-2)6-12(10)24-3/h4-7H,8H2,1-3H3,(H,19,22)(H3,18,20,21). The molecule has 0 aliphatic heterocycles. The molecule has 1 heterocycles. The molecule has 128 valence electrons. The molecule has 1 amide bonds. The smallest absolute Gasteiger partial charge is 0.256 e. The molecule has 0 spiro atoms. The fraction of sp³-hybridized carbons (Fsp3) is 0.250. The normalized spacial score (nSPS) is 10.3. The van der Waals surface area contributed by atoms with Gasteiger partial charge in [-0.05, 0) is 23.8 Å². The van der Waals surface area contributed by atoms with Crippen molar-refractivity contribution in [3.63, 3.8) is 0 Å². The highest BCUT2D eigenvalue weighted by Crippen LogP contribution is 2.32. The summed E-state index contributed by atoms with van der Waals surface area (Å²) in [6.45, 7) is 0.466. The summed E-state index contributed by atoms with van der Waals surface area (Å²) in [7, 11) is 4.70. The minimum absolute atomic E-state index is 0.0410. The van der Waals surface area contributed by atoms with Crippen molar-refractivity contribution in [1.29, 1.82) is 0 Å². The van der Waals surface area contributed by atoms with Gasteiger partial charge in [0.25, 0.3) is 5.91 Å². The van der Waals surface area contributed by atoms with Crippen LogP contribution in [-0.4, -0.2) is 32.2 Å². The molecule has 0 fully saturated rings. The van der Waals surface area contributed by atoms with Crippen LogP contribution in [0.25, 0.3) is 0 Å². The number of hydrogen-bond donors (Lipinski definition) is 3. The van der Waals surface area contributed by atoms with E-state index >= 15 is 0 Å². The molecule has 7 nitrogen and oxygen atoms in total. The molecule has 0 radical (unpaired) electrons. The van der Waals surface area contributed by atoms with E-state index in [2.05, 4.69) is 15.6 Å². The molecular weight excluding hydrogens is 332 g/mol. The number of benzene rings is 1. The number of aromatic nitrogens is 1. The number of rotatable bonds is 6. The van der Waals surface area contributed by atoms with Gasteiger partial charge in [-0.1, -0.05) is 17.7 Å². The second-order valence-corrected chi connectivity index (χ2v) is 5.31. The Balaban J connectivity index is 2.46. The fourth-order valence-electron chi connectivity index (χ4n) is 2.24. The van der Waals surface area contributed by atoms with E-state index in [1.165, 1.54) is 13.1 Å². The van der Waals surface area contributed by atoms with Crippen molar-refractivity contribution in [3.05, 3.63) is 40.5 Å². The maximum absolute atomic E-state index is 12.1. The summed E-state index contributed by atoms with van der Waals surface area (Å²) in [5.74, 6) is 0.271. The van der Waals surface area contributed by atoms with Crippen LogP contribution >= 0.6 is 11.6 Å². The molecule has 0 saturated carbocycles. The van der Waals surface area contributed by atoms with Crippen molar-refractivity contribution in [1.82, 2.24) is 10.3 Å². The lowest BCUT2D eigenvalue weighted by Crippen LogP contribution is -2.21. The minimum atomic E-state index is -0.367. The number of nitrogens with one attached hydrogen (secondary N) is 2. The van der Waals surface area contributed by atoms with Crippen LogP contribution in [-0.2, 0) is 11.3 Å². The zero-order valence-corrected chi connectivity index (χ0v) is 14.4. The molecule has 0 saturated heterocycles. The number of anilines is 3. The summed E-state index contributed by atoms with van der Waals surface area (Å²) in [6, 6.07) is 7.09. The van der Waals surface area contributed by atoms with Gasteiger partial charge in [-0.2, -0.15) is 0 Å². The third kappa shape index (κ3) is 3.87. The minimum Gasteiger partial charge on any atom is -0.495 e. The van der Waals surface area contributed by atoms with Crippen LogP contribution < -0.4 is 21.1 Å². The predicted octanol–water partition coefficient (Wildman–Crippen LogP) is 2.58. The van der Waals surface area contributed by atoms with Gasteiger partial charge in [0.15, 0.2) is 0 Å². The second kappa shape index (κ2) is 7.85. The number of halogens is 1. The molecule has 0 unspecified atom stereocenters. The van der Waals surface area contributed by atoms with E-state index in [-0.39, 0.29) is 22.4 Å². The molecule has 0 aliphatic carbocycles. The fourth-order valence-corrected chi connectivity index (χ4v) is 2.44. The SMILES string of the molecule is CNC(=O)c1c(Nc2ccc(COC)cc2OC)cc(Cl)nc1N. The lowest BCUT2D eigenvalue weighted by atomic mass is 10.1. The summed E-state index contributed by atoms with van der Waals surface area (Å²) >= 11 is 5.97. The van der Waals surface area contributed by atoms with Crippen LogP contribution in [0.1, 0.15) is 15.9 Å². The van der Waals surface area contributed by atoms with Crippen LogP contribution in [0.4, 0.5) is 17.2 Å². The number of hydrogen-bond acceptors (Lipinski definition) is 6. The van der Waals surface area contributed by atoms with Crippen molar-refractivity contribution in [2.45, 2.75) is 6.61 Å². The van der Waals surface area contributed by atoms with E-state index in [1.54, 1.807) is 14.2 Å². The topological polar surface area (TPSA) is 98.5 Å². The van der Waals surface area contributed by atoms with Crippen LogP contribution in [0, 0.1) is 0 Å². The first-order valence-corrected chi connectivity index (χ1v) is 7.49. The summed E-state index contributed by atoms with van der Waals surface area (Å²) in [6.07, 6.45) is 0. The van der Waals surface area contributed by atoms with Crippen LogP contribution in [0.2, 0.25) is 5.15 Å². The Morgan fingerprint density at radius 3 is 2.67 bits per heavy atom. The Hall–Kier alpha value is -2.51. The molecule has 0 atom stereocenters. The Bertz CT molecular complexity index is 752. The molecule has 24 heavy (non-hydrogen) atoms. The quantitative estimate of drug-likeness (QED) is 0.692. The summed E-state index contributed by atoms with van der Waals surface area (Å²) in [5, 5.41) is 5.84. The van der Waals surface area contributed by atoms with Crippen molar-refractivity contribution in [2.24, 2.45) is 0 Å².